The van der Waals surface area contributed by atoms with Gasteiger partial charge in [0.15, 0.2) is 0 Å². The predicted octanol–water partition coefficient (Wildman–Crippen LogP) is 8.01. The summed E-state index contributed by atoms with van der Waals surface area (Å²) in [6.07, 6.45) is 0. The van der Waals surface area contributed by atoms with Crippen LogP contribution in [0.15, 0.2) is 121 Å². The normalized spacial score (nSPS) is 10.7. The van der Waals surface area contributed by atoms with Crippen LogP contribution in [0, 0.1) is 0 Å². The topological polar surface area (TPSA) is 0 Å². The Labute approximate surface area is 219 Å². The monoisotopic (exact) mass is 746 g/mol. The van der Waals surface area contributed by atoms with Crippen LogP contribution in [0.5, 0.6) is 0 Å². The quantitative estimate of drug-likeness (QED) is 0.147. The Bertz CT molecular complexity index is 810. The molecule has 0 aliphatic heterocycles. The molecule has 0 atom stereocenters. The van der Waals surface area contributed by atoms with Crippen molar-refractivity contribution in [3.8, 4) is 0 Å². The van der Waals surface area contributed by atoms with Crippen molar-refractivity contribution in [1.82, 2.24) is 0 Å². The number of halogens is 4. The van der Waals surface area contributed by atoms with Gasteiger partial charge in [-0.15, -0.1) is 0 Å². The zero-order chi connectivity index (χ0) is 22.4. The van der Waals surface area contributed by atoms with Crippen LogP contribution in [-0.4, -0.2) is 0 Å². The van der Waals surface area contributed by atoms with Gasteiger partial charge >= 0.3 is 62.2 Å². The molecular formula is C24H22Br4NiP2. The van der Waals surface area contributed by atoms with E-state index >= 15 is 0 Å². The molecule has 0 spiro atoms. The van der Waals surface area contributed by atoms with Gasteiger partial charge in [0.05, 0.1) is 0 Å². The van der Waals surface area contributed by atoms with Gasteiger partial charge in [0, 0.05) is 0 Å². The van der Waals surface area contributed by atoms with E-state index in [9.17, 15) is 0 Å². The third-order valence-electron chi connectivity index (χ3n) is 3.67. The molecule has 0 fully saturated rings. The molecule has 0 saturated carbocycles. The standard InChI is InChI=1S/2C12H11P.4BrH.Ni/c2*1-3-7-11(8-4-1)13-12-9-5-2-6-10-12;;;;;/h2*1-10,13H;4*1H;/q;;;;;;+4/p-4. The summed E-state index contributed by atoms with van der Waals surface area (Å²) in [5, 5.41) is 4.59. The fourth-order valence-electron chi connectivity index (χ4n) is 2.42. The van der Waals surface area contributed by atoms with E-state index in [1.54, 1.807) is 0 Å². The van der Waals surface area contributed by atoms with Gasteiger partial charge in [-0.1, -0.05) is 138 Å². The van der Waals surface area contributed by atoms with Crippen LogP contribution in [0.2, 0.25) is 0 Å². The SMILES string of the molecule is [Br][Ni]([Br])([Br])[Br].c1ccc(Pc2ccccc2)cc1.c1ccc(Pc2ccccc2)cc1. The van der Waals surface area contributed by atoms with Crippen molar-refractivity contribution < 1.29 is 5.30 Å². The number of rotatable bonds is 4. The van der Waals surface area contributed by atoms with E-state index < -0.39 is 5.30 Å². The molecule has 0 amide bonds. The Morgan fingerprint density at radius 2 is 0.516 bits per heavy atom. The molecule has 166 valence electrons. The summed E-state index contributed by atoms with van der Waals surface area (Å²) in [6, 6.07) is 42.3. The Hall–Kier alpha value is 0.154. The molecule has 0 N–H and O–H groups in total. The fourth-order valence-corrected chi connectivity index (χ4v) is 4.52. The first-order chi connectivity index (χ1) is 14.9. The molecule has 0 heterocycles. The molecule has 0 bridgehead atoms. The van der Waals surface area contributed by atoms with Crippen molar-refractivity contribution in [3.05, 3.63) is 121 Å². The van der Waals surface area contributed by atoms with Crippen molar-refractivity contribution in [2.75, 3.05) is 0 Å². The second-order valence-corrected chi connectivity index (χ2v) is 38.7. The molecule has 0 aliphatic carbocycles. The number of hydrogen-bond acceptors (Lipinski definition) is 0. The molecule has 31 heavy (non-hydrogen) atoms. The molecular weight excluding hydrogens is 729 g/mol. The predicted molar refractivity (Wildman–Crippen MR) is 157 cm³/mol. The summed E-state index contributed by atoms with van der Waals surface area (Å²) in [4.78, 5) is 0. The van der Waals surface area contributed by atoms with Crippen molar-refractivity contribution in [2.24, 2.45) is 0 Å². The number of hydrogen-bond donors (Lipinski definition) is 0. The first-order valence-electron chi connectivity index (χ1n) is 9.12. The van der Waals surface area contributed by atoms with Crippen LogP contribution in [0.4, 0.5) is 0 Å². The zero-order valence-corrected chi connectivity index (χ0v) is 25.7. The largest absolute Gasteiger partial charge is 0.0622 e. The van der Waals surface area contributed by atoms with Crippen LogP contribution in [0.1, 0.15) is 0 Å². The van der Waals surface area contributed by atoms with Gasteiger partial charge in [0.1, 0.15) is 0 Å². The van der Waals surface area contributed by atoms with Gasteiger partial charge in [-0.25, -0.2) is 0 Å². The molecule has 0 radical (unpaired) electrons. The maximum Gasteiger partial charge on any atom is -0.0226 e. The Balaban J connectivity index is 0.000000182. The molecule has 0 nitrogen and oxygen atoms in total. The molecule has 0 saturated heterocycles. The van der Waals surface area contributed by atoms with Crippen molar-refractivity contribution >= 4 is 95.3 Å². The van der Waals surface area contributed by atoms with Crippen LogP contribution in [0.25, 0.3) is 0 Å². The molecule has 7 heteroatoms. The van der Waals surface area contributed by atoms with Gasteiger partial charge in [0.2, 0.25) is 0 Å². The Morgan fingerprint density at radius 3 is 0.677 bits per heavy atom. The smallest absolute Gasteiger partial charge is 0.0226 e. The van der Waals surface area contributed by atoms with E-state index in [0.29, 0.717) is 0 Å². The third kappa shape index (κ3) is 14.8. The van der Waals surface area contributed by atoms with E-state index in [1.165, 1.54) is 21.2 Å². The molecule has 4 aromatic rings. The van der Waals surface area contributed by atoms with E-state index in [4.69, 9.17) is 0 Å². The van der Waals surface area contributed by atoms with Crippen molar-refractivity contribution in [3.63, 3.8) is 0 Å². The molecule has 0 aliphatic rings. The van der Waals surface area contributed by atoms with E-state index in [0.717, 1.165) is 17.2 Å². The second kappa shape index (κ2) is 15.9. The summed E-state index contributed by atoms with van der Waals surface area (Å²) in [5.41, 5.74) is 0. The van der Waals surface area contributed by atoms with Gasteiger partial charge < -0.3 is 0 Å². The summed E-state index contributed by atoms with van der Waals surface area (Å²) in [5.74, 6) is 0. The minimum absolute atomic E-state index is 0.777. The van der Waals surface area contributed by atoms with Gasteiger partial charge in [-0.05, 0) is 21.2 Å². The minimum atomic E-state index is -1.00. The van der Waals surface area contributed by atoms with Crippen LogP contribution < -0.4 is 21.2 Å². The zero-order valence-electron chi connectivity index (χ0n) is 16.4. The molecule has 0 aromatic heterocycles. The maximum absolute atomic E-state index is 3.22. The average Bonchev–Trinajstić information content (AvgIpc) is 2.76. The Morgan fingerprint density at radius 1 is 0.355 bits per heavy atom. The third-order valence-corrected chi connectivity index (χ3v) is 6.16. The van der Waals surface area contributed by atoms with Gasteiger partial charge in [-0.2, -0.15) is 0 Å². The second-order valence-electron chi connectivity index (χ2n) is 5.99. The van der Waals surface area contributed by atoms with E-state index in [-0.39, 0.29) is 0 Å². The minimum Gasteiger partial charge on any atom is -0.0622 e. The molecule has 4 aromatic carbocycles. The molecule has 0 unspecified atom stereocenters. The Kier molecular flexibility index (Phi) is 14.0. The maximum atomic E-state index is 3.22. The van der Waals surface area contributed by atoms with Crippen molar-refractivity contribution in [2.45, 2.75) is 0 Å². The van der Waals surface area contributed by atoms with Crippen LogP contribution in [-0.2, 0) is 5.30 Å². The molecule has 4 rings (SSSR count). The van der Waals surface area contributed by atoms with Crippen LogP contribution >= 0.6 is 74.1 Å². The summed E-state index contributed by atoms with van der Waals surface area (Å²) in [7, 11) is 1.55. The first-order valence-corrected chi connectivity index (χ1v) is 20.9. The fraction of sp³-hybridized carbons (Fsp3) is 0. The summed E-state index contributed by atoms with van der Waals surface area (Å²) in [6.45, 7) is 0. The summed E-state index contributed by atoms with van der Waals surface area (Å²) >= 11 is 12.9. The van der Waals surface area contributed by atoms with Crippen molar-refractivity contribution in [1.29, 1.82) is 0 Å². The first kappa shape index (κ1) is 27.4. The average molecular weight is 751 g/mol. The van der Waals surface area contributed by atoms with Crippen LogP contribution in [0.3, 0.4) is 0 Å². The van der Waals surface area contributed by atoms with E-state index in [1.807, 2.05) is 0 Å². The van der Waals surface area contributed by atoms with Gasteiger partial charge in [-0.3, -0.25) is 0 Å². The van der Waals surface area contributed by atoms with Gasteiger partial charge in [0.25, 0.3) is 0 Å². The summed E-state index contributed by atoms with van der Waals surface area (Å²) < 4.78 is 0. The van der Waals surface area contributed by atoms with E-state index in [2.05, 4.69) is 178 Å². The number of benzene rings is 4.